The van der Waals surface area contributed by atoms with Crippen LogP contribution >= 0.6 is 11.6 Å². The predicted molar refractivity (Wildman–Crippen MR) is 112 cm³/mol. The lowest BCUT2D eigenvalue weighted by Gasteiger charge is -2.41. The summed E-state index contributed by atoms with van der Waals surface area (Å²) in [7, 11) is 0. The second kappa shape index (κ2) is 8.26. The number of fused-ring (bicyclic) bond motifs is 3. The number of hydrogen-bond acceptors (Lipinski definition) is 3. The Morgan fingerprint density at radius 3 is 2.77 bits per heavy atom. The van der Waals surface area contributed by atoms with Crippen LogP contribution in [0.15, 0.2) is 36.4 Å². The monoisotopic (exact) mass is 453 g/mol. The fraction of sp³-hybridized carbons (Fsp3) is 0.435. The lowest BCUT2D eigenvalue weighted by molar-refractivity contribution is -0.135. The quantitative estimate of drug-likeness (QED) is 0.630. The zero-order valence-electron chi connectivity index (χ0n) is 16.8. The standard InChI is InChI=1S/C23H23ClF3NO3/c24-17-5-6-18-15(11-17)3-1-8-22(18)13-28(10-2-9-23(25,26)27)19-12-16(21(29)30)4-7-20(19)31-14-22/h4-7,11-12H,1-3,8-10,13-14H2,(H,29,30). The highest BCUT2D eigenvalue weighted by atomic mass is 35.5. The zero-order valence-corrected chi connectivity index (χ0v) is 17.6. The minimum absolute atomic E-state index is 0.0787. The van der Waals surface area contributed by atoms with Gasteiger partial charge in [-0.2, -0.15) is 13.2 Å². The Labute approximate surface area is 183 Å². The van der Waals surface area contributed by atoms with Gasteiger partial charge in [0.25, 0.3) is 0 Å². The molecule has 0 aromatic heterocycles. The number of nitrogens with zero attached hydrogens (tertiary/aromatic N) is 1. The molecule has 4 rings (SSSR count). The second-order valence-corrected chi connectivity index (χ2v) is 8.79. The molecule has 0 amide bonds. The third kappa shape index (κ3) is 4.61. The lowest BCUT2D eigenvalue weighted by Crippen LogP contribution is -2.46. The fourth-order valence-electron chi connectivity index (χ4n) is 4.75. The molecule has 2 aromatic rings. The Hall–Kier alpha value is -2.41. The summed E-state index contributed by atoms with van der Waals surface area (Å²) in [6.07, 6.45) is -2.57. The molecule has 2 aliphatic rings. The minimum Gasteiger partial charge on any atom is -0.490 e. The molecule has 1 aliphatic heterocycles. The summed E-state index contributed by atoms with van der Waals surface area (Å²) >= 11 is 6.19. The van der Waals surface area contributed by atoms with Crippen molar-refractivity contribution in [1.82, 2.24) is 0 Å². The highest BCUT2D eigenvalue weighted by Gasteiger charge is 2.42. The Balaban J connectivity index is 1.73. The van der Waals surface area contributed by atoms with Gasteiger partial charge in [-0.25, -0.2) is 4.79 Å². The van der Waals surface area contributed by atoms with Crippen LogP contribution in [0.1, 0.15) is 47.2 Å². The van der Waals surface area contributed by atoms with Crippen LogP contribution in [0, 0.1) is 0 Å². The maximum absolute atomic E-state index is 12.8. The summed E-state index contributed by atoms with van der Waals surface area (Å²) in [5, 5.41) is 10.1. The number of alkyl halides is 3. The van der Waals surface area contributed by atoms with E-state index in [4.69, 9.17) is 16.3 Å². The van der Waals surface area contributed by atoms with Crippen molar-refractivity contribution in [3.05, 3.63) is 58.1 Å². The van der Waals surface area contributed by atoms with Crippen molar-refractivity contribution in [2.24, 2.45) is 0 Å². The molecule has 0 radical (unpaired) electrons. The van der Waals surface area contributed by atoms with Crippen LogP contribution < -0.4 is 9.64 Å². The molecule has 4 nitrogen and oxygen atoms in total. The van der Waals surface area contributed by atoms with Gasteiger partial charge in [-0.3, -0.25) is 0 Å². The van der Waals surface area contributed by atoms with Gasteiger partial charge in [0.2, 0.25) is 0 Å². The highest BCUT2D eigenvalue weighted by Crippen LogP contribution is 2.44. The molecule has 8 heteroatoms. The van der Waals surface area contributed by atoms with E-state index >= 15 is 0 Å². The number of carboxylic acids is 1. The summed E-state index contributed by atoms with van der Waals surface area (Å²) in [4.78, 5) is 13.4. The van der Waals surface area contributed by atoms with Crippen molar-refractivity contribution < 1.29 is 27.8 Å². The van der Waals surface area contributed by atoms with E-state index in [-0.39, 0.29) is 18.5 Å². The molecule has 1 heterocycles. The van der Waals surface area contributed by atoms with Crippen LogP contribution in [0.5, 0.6) is 5.75 Å². The normalized spacial score (nSPS) is 20.6. The maximum Gasteiger partial charge on any atom is 0.389 e. The topological polar surface area (TPSA) is 49.8 Å². The number of rotatable bonds is 4. The molecule has 31 heavy (non-hydrogen) atoms. The number of hydrogen-bond donors (Lipinski definition) is 1. The van der Waals surface area contributed by atoms with Crippen molar-refractivity contribution in [3.8, 4) is 5.75 Å². The Morgan fingerprint density at radius 1 is 1.23 bits per heavy atom. The maximum atomic E-state index is 12.8. The van der Waals surface area contributed by atoms with Gasteiger partial charge in [0, 0.05) is 29.9 Å². The second-order valence-electron chi connectivity index (χ2n) is 8.35. The van der Waals surface area contributed by atoms with Crippen LogP contribution in [0.25, 0.3) is 0 Å². The molecule has 0 saturated heterocycles. The molecule has 1 N–H and O–H groups in total. The number of carbonyl (C=O) groups is 1. The van der Waals surface area contributed by atoms with Crippen molar-refractivity contribution in [1.29, 1.82) is 0 Å². The molecule has 0 fully saturated rings. The largest absolute Gasteiger partial charge is 0.490 e. The summed E-state index contributed by atoms with van der Waals surface area (Å²) in [5.74, 6) is -0.593. The van der Waals surface area contributed by atoms with Gasteiger partial charge in [0.05, 0.1) is 17.9 Å². The van der Waals surface area contributed by atoms with Gasteiger partial charge in [0.15, 0.2) is 0 Å². The van der Waals surface area contributed by atoms with E-state index in [2.05, 4.69) is 0 Å². The molecule has 1 unspecified atom stereocenters. The number of halogens is 4. The molecule has 0 saturated carbocycles. The fourth-order valence-corrected chi connectivity index (χ4v) is 4.95. The minimum atomic E-state index is -4.24. The van der Waals surface area contributed by atoms with E-state index in [1.165, 1.54) is 12.1 Å². The molecular formula is C23H23ClF3NO3. The molecule has 0 bridgehead atoms. The van der Waals surface area contributed by atoms with Gasteiger partial charge in [-0.05, 0) is 67.1 Å². The van der Waals surface area contributed by atoms with Crippen LogP contribution in [0.2, 0.25) is 5.02 Å². The molecule has 2 aromatic carbocycles. The SMILES string of the molecule is O=C(O)c1ccc2c(c1)N(CCCC(F)(F)F)CC1(CCCc3cc(Cl)ccc31)CO2. The van der Waals surface area contributed by atoms with E-state index < -0.39 is 24.0 Å². The molecule has 1 spiro atoms. The first-order valence-corrected chi connectivity index (χ1v) is 10.7. The summed E-state index contributed by atoms with van der Waals surface area (Å²) in [5.41, 5.74) is 2.44. The number of ether oxygens (including phenoxy) is 1. The molecule has 1 aliphatic carbocycles. The average molecular weight is 454 g/mol. The van der Waals surface area contributed by atoms with Crippen LogP contribution in [0.4, 0.5) is 18.9 Å². The average Bonchev–Trinajstić information content (AvgIpc) is 2.84. The van der Waals surface area contributed by atoms with Gasteiger partial charge in [-0.1, -0.05) is 17.7 Å². The number of aryl methyl sites for hydroxylation is 1. The summed E-state index contributed by atoms with van der Waals surface area (Å²) in [6.45, 7) is 0.982. The third-order valence-electron chi connectivity index (χ3n) is 6.17. The summed E-state index contributed by atoms with van der Waals surface area (Å²) in [6, 6.07) is 10.3. The first-order chi connectivity index (χ1) is 14.7. The molecular weight excluding hydrogens is 431 g/mol. The Kier molecular flexibility index (Phi) is 5.81. The zero-order chi connectivity index (χ0) is 22.2. The first kappa shape index (κ1) is 21.8. The van der Waals surface area contributed by atoms with E-state index in [0.29, 0.717) is 29.6 Å². The number of carboxylic acid groups (broad SMARTS) is 1. The summed E-state index contributed by atoms with van der Waals surface area (Å²) < 4.78 is 44.6. The van der Waals surface area contributed by atoms with Gasteiger partial charge < -0.3 is 14.7 Å². The van der Waals surface area contributed by atoms with E-state index in [0.717, 1.165) is 30.4 Å². The van der Waals surface area contributed by atoms with Crippen molar-refractivity contribution in [2.45, 2.75) is 43.7 Å². The van der Waals surface area contributed by atoms with Crippen molar-refractivity contribution in [3.63, 3.8) is 0 Å². The van der Waals surface area contributed by atoms with Gasteiger partial charge >= 0.3 is 12.1 Å². The number of benzene rings is 2. The van der Waals surface area contributed by atoms with Crippen molar-refractivity contribution in [2.75, 3.05) is 24.6 Å². The molecule has 166 valence electrons. The third-order valence-corrected chi connectivity index (χ3v) is 6.41. The predicted octanol–water partition coefficient (Wildman–Crippen LogP) is 5.85. The van der Waals surface area contributed by atoms with Gasteiger partial charge in [-0.15, -0.1) is 0 Å². The van der Waals surface area contributed by atoms with E-state index in [1.807, 2.05) is 23.1 Å². The van der Waals surface area contributed by atoms with Crippen molar-refractivity contribution >= 4 is 23.3 Å². The Bertz CT molecular complexity index is 995. The smallest absolute Gasteiger partial charge is 0.389 e. The van der Waals surface area contributed by atoms with E-state index in [9.17, 15) is 23.1 Å². The molecule has 1 atom stereocenters. The van der Waals surface area contributed by atoms with Crippen LogP contribution in [0.3, 0.4) is 0 Å². The number of anilines is 1. The Morgan fingerprint density at radius 2 is 2.03 bits per heavy atom. The van der Waals surface area contributed by atoms with E-state index in [1.54, 1.807) is 6.07 Å². The van der Waals surface area contributed by atoms with Crippen LogP contribution in [-0.4, -0.2) is 36.9 Å². The highest BCUT2D eigenvalue weighted by molar-refractivity contribution is 6.30. The lowest BCUT2D eigenvalue weighted by atomic mass is 9.70. The van der Waals surface area contributed by atoms with Gasteiger partial charge in [0.1, 0.15) is 5.75 Å². The van der Waals surface area contributed by atoms with Crippen LogP contribution in [-0.2, 0) is 11.8 Å². The first-order valence-electron chi connectivity index (χ1n) is 10.3. The number of aromatic carboxylic acids is 1.